The second-order valence-electron chi connectivity index (χ2n) is 10.6. The topological polar surface area (TPSA) is 246 Å². The summed E-state index contributed by atoms with van der Waals surface area (Å²) in [6.45, 7) is 16.3. The first-order chi connectivity index (χ1) is 20.0. The number of rotatable bonds is 13. The molecule has 0 saturated heterocycles. The fourth-order valence-electron chi connectivity index (χ4n) is 2.84. The van der Waals surface area contributed by atoms with Crippen LogP contribution < -0.4 is 22.5 Å². The molecule has 0 amide bonds. The summed E-state index contributed by atoms with van der Waals surface area (Å²) in [5.74, 6) is 1.19. The first-order valence-electron chi connectivity index (χ1n) is 14.5. The minimum absolute atomic E-state index is 0.0418. The molecule has 0 bridgehead atoms. The number of aliphatic hydroxyl groups excluding tert-OH is 5. The van der Waals surface area contributed by atoms with Crippen molar-refractivity contribution < 1.29 is 39.9 Å². The van der Waals surface area contributed by atoms with Crippen LogP contribution in [0.2, 0.25) is 0 Å². The van der Waals surface area contributed by atoms with E-state index in [1.165, 1.54) is 19.7 Å². The molecule has 0 aromatic rings. The maximum Gasteiger partial charge on any atom is 0.172 e. The Morgan fingerprint density at radius 1 is 0.977 bits per heavy atom. The van der Waals surface area contributed by atoms with Crippen LogP contribution in [-0.2, 0) is 14.4 Å². The molecule has 0 saturated carbocycles. The van der Waals surface area contributed by atoms with Gasteiger partial charge in [0.25, 0.3) is 0 Å². The lowest BCUT2D eigenvalue weighted by molar-refractivity contribution is -0.125. The average Bonchev–Trinajstić information content (AvgIpc) is 2.97. The number of carbonyl (C=O) groups is 3. The summed E-state index contributed by atoms with van der Waals surface area (Å²) in [4.78, 5) is 32.1. The van der Waals surface area contributed by atoms with Crippen LogP contribution in [0.15, 0.2) is 23.5 Å². The lowest BCUT2D eigenvalue weighted by Gasteiger charge is -2.26. The summed E-state index contributed by atoms with van der Waals surface area (Å²) in [5.41, 5.74) is 15.4. The SMILES string of the molecule is CC(C)N.CC(C)N(CC(=O)CO)CC(O)C=O.CC(C)NCC1=CC(O)=CC(C(C)C)C1.CN.CN.O=CC(O)CO. The molecule has 1 aliphatic carbocycles. The third kappa shape index (κ3) is 37.9. The number of carbonyl (C=O) groups excluding carboxylic acids is 3. The molecule has 3 unspecified atom stereocenters. The molecule has 13 nitrogen and oxygen atoms in total. The number of aldehydes is 2. The number of aliphatic hydroxyl groups is 5. The van der Waals surface area contributed by atoms with E-state index in [0.29, 0.717) is 36.0 Å². The molecule has 0 fully saturated rings. The van der Waals surface area contributed by atoms with Gasteiger partial charge in [0.1, 0.15) is 30.9 Å². The molecule has 13 heteroatoms. The molecule has 43 heavy (non-hydrogen) atoms. The van der Waals surface area contributed by atoms with Crippen molar-refractivity contribution in [3.63, 3.8) is 0 Å². The van der Waals surface area contributed by atoms with Gasteiger partial charge in [0.15, 0.2) is 12.1 Å². The standard InChI is InChI=1S/C13H23NO.C9H17NO4.C3H9N.C3H6O3.2CH5N/c1-9(2)12-5-11(6-13(15)7-12)8-14-10(3)4;1-7(2)10(3-8(13)5-11)4-9(14)6-12;1-3(2)4;4-1-3(6)2-5;2*1-2/h6-7,9-10,12,14-15H,5,8H2,1-4H3;5,7-8,12-13H,3-4,6H2,1-2H3;3H,4H2,1-2H3;1,3,5-6H,2H2;2*2H2,1H3. The number of Topliss-reactive ketones (excluding diaryl/α,β-unsaturated/α-hetero) is 1. The third-order valence-corrected chi connectivity index (χ3v) is 5.04. The van der Waals surface area contributed by atoms with E-state index in [9.17, 15) is 19.5 Å². The maximum atomic E-state index is 10.9. The molecule has 0 aromatic carbocycles. The predicted molar refractivity (Wildman–Crippen MR) is 174 cm³/mol. The quantitative estimate of drug-likeness (QED) is 0.122. The Balaban J connectivity index is -0.000000158. The van der Waals surface area contributed by atoms with Gasteiger partial charge in [-0.15, -0.1) is 0 Å². The molecule has 0 aliphatic heterocycles. The fourth-order valence-corrected chi connectivity index (χ4v) is 2.84. The highest BCUT2D eigenvalue weighted by atomic mass is 16.3. The Hall–Kier alpha value is -2.07. The molecule has 1 aliphatic rings. The van der Waals surface area contributed by atoms with Crippen LogP contribution in [0.25, 0.3) is 0 Å². The number of nitrogens with zero attached hydrogens (tertiary/aromatic N) is 1. The van der Waals surface area contributed by atoms with Gasteiger partial charge in [0.2, 0.25) is 0 Å². The first kappa shape index (κ1) is 50.6. The highest BCUT2D eigenvalue weighted by Crippen LogP contribution is 2.27. The number of nitrogens with one attached hydrogen (secondary N) is 1. The largest absolute Gasteiger partial charge is 0.508 e. The zero-order chi connectivity index (χ0) is 35.1. The van der Waals surface area contributed by atoms with E-state index in [4.69, 9.17) is 26.2 Å². The minimum atomic E-state index is -1.19. The zero-order valence-electron chi connectivity index (χ0n) is 28.2. The smallest absolute Gasteiger partial charge is 0.172 e. The van der Waals surface area contributed by atoms with Crippen LogP contribution in [0, 0.1) is 11.8 Å². The summed E-state index contributed by atoms with van der Waals surface area (Å²) >= 11 is 0. The lowest BCUT2D eigenvalue weighted by Crippen LogP contribution is -2.42. The van der Waals surface area contributed by atoms with E-state index in [-0.39, 0.29) is 31.2 Å². The van der Waals surface area contributed by atoms with Crippen molar-refractivity contribution in [3.05, 3.63) is 23.5 Å². The molecule has 0 radical (unpaired) electrons. The third-order valence-electron chi connectivity index (χ3n) is 5.04. The highest BCUT2D eigenvalue weighted by molar-refractivity contribution is 5.81. The number of nitrogens with two attached hydrogens (primary N) is 3. The molecule has 12 N–H and O–H groups in total. The van der Waals surface area contributed by atoms with Crippen LogP contribution >= 0.6 is 0 Å². The van der Waals surface area contributed by atoms with Gasteiger partial charge in [-0.2, -0.15) is 0 Å². The Labute approximate surface area is 260 Å². The molecule has 258 valence electrons. The van der Waals surface area contributed by atoms with Crippen molar-refractivity contribution >= 4 is 18.4 Å². The van der Waals surface area contributed by atoms with Gasteiger partial charge in [0.05, 0.1) is 13.2 Å². The van der Waals surface area contributed by atoms with Crippen molar-refractivity contribution in [2.45, 2.75) is 92.1 Å². The molecular weight excluding hydrogens is 558 g/mol. The maximum absolute atomic E-state index is 10.9. The summed E-state index contributed by atoms with van der Waals surface area (Å²) in [5, 5.41) is 46.5. The predicted octanol–water partition coefficient (Wildman–Crippen LogP) is -0.112. The van der Waals surface area contributed by atoms with Crippen LogP contribution in [0.5, 0.6) is 0 Å². The minimum Gasteiger partial charge on any atom is -0.508 e. The van der Waals surface area contributed by atoms with Crippen molar-refractivity contribution in [2.75, 3.05) is 46.9 Å². The number of hydrogen-bond acceptors (Lipinski definition) is 13. The summed E-state index contributed by atoms with van der Waals surface area (Å²) in [7, 11) is 3.00. The summed E-state index contributed by atoms with van der Waals surface area (Å²) in [6.07, 6.45) is 3.38. The van der Waals surface area contributed by atoms with Crippen LogP contribution in [-0.4, -0.2) is 126 Å². The second-order valence-corrected chi connectivity index (χ2v) is 10.6. The van der Waals surface area contributed by atoms with Crippen molar-refractivity contribution in [1.29, 1.82) is 0 Å². The van der Waals surface area contributed by atoms with E-state index in [1.807, 2.05) is 39.8 Å². The first-order valence-corrected chi connectivity index (χ1v) is 14.5. The number of hydrogen-bond donors (Lipinski definition) is 9. The van der Waals surface area contributed by atoms with E-state index in [2.05, 4.69) is 44.5 Å². The summed E-state index contributed by atoms with van der Waals surface area (Å²) in [6, 6.07) is 0.872. The number of allylic oxidation sites excluding steroid dienone is 2. The molecular formula is C30H65N5O8. The van der Waals surface area contributed by atoms with Gasteiger partial charge in [-0.25, -0.2) is 0 Å². The van der Waals surface area contributed by atoms with Crippen LogP contribution in [0.3, 0.4) is 0 Å². The Kier molecular flexibility index (Phi) is 40.5. The van der Waals surface area contributed by atoms with Gasteiger partial charge in [-0.3, -0.25) is 9.69 Å². The van der Waals surface area contributed by atoms with Crippen molar-refractivity contribution in [1.82, 2.24) is 10.2 Å². The average molecular weight is 624 g/mol. The fraction of sp³-hybridized carbons (Fsp3) is 0.767. The zero-order valence-corrected chi connectivity index (χ0v) is 28.2. The van der Waals surface area contributed by atoms with E-state index < -0.39 is 25.4 Å². The van der Waals surface area contributed by atoms with E-state index >= 15 is 0 Å². The second kappa shape index (κ2) is 34.4. The van der Waals surface area contributed by atoms with Gasteiger partial charge in [-0.1, -0.05) is 47.1 Å². The molecule has 0 heterocycles. The molecule has 3 atom stereocenters. The van der Waals surface area contributed by atoms with E-state index in [1.54, 1.807) is 4.90 Å². The van der Waals surface area contributed by atoms with Gasteiger partial charge < -0.3 is 57.6 Å². The van der Waals surface area contributed by atoms with Crippen molar-refractivity contribution in [3.8, 4) is 0 Å². The van der Waals surface area contributed by atoms with Gasteiger partial charge in [-0.05, 0) is 64.4 Å². The highest BCUT2D eigenvalue weighted by Gasteiger charge is 2.18. The lowest BCUT2D eigenvalue weighted by atomic mass is 9.85. The van der Waals surface area contributed by atoms with E-state index in [0.717, 1.165) is 13.0 Å². The monoisotopic (exact) mass is 623 g/mol. The summed E-state index contributed by atoms with van der Waals surface area (Å²) < 4.78 is 0. The molecule has 0 aromatic heterocycles. The Bertz CT molecular complexity index is 714. The number of ketones is 1. The normalized spacial score (nSPS) is 15.0. The van der Waals surface area contributed by atoms with Gasteiger partial charge >= 0.3 is 0 Å². The van der Waals surface area contributed by atoms with Gasteiger partial charge in [0, 0.05) is 25.2 Å². The molecule has 1 rings (SSSR count). The van der Waals surface area contributed by atoms with Crippen LogP contribution in [0.1, 0.15) is 61.8 Å². The molecule has 0 spiro atoms. The van der Waals surface area contributed by atoms with Crippen LogP contribution in [0.4, 0.5) is 0 Å². The Morgan fingerprint density at radius 2 is 1.44 bits per heavy atom. The Morgan fingerprint density at radius 3 is 1.74 bits per heavy atom. The van der Waals surface area contributed by atoms with Crippen molar-refractivity contribution in [2.24, 2.45) is 29.0 Å².